The molecule has 0 aliphatic heterocycles. The predicted molar refractivity (Wildman–Crippen MR) is 82.8 cm³/mol. The summed E-state index contributed by atoms with van der Waals surface area (Å²) in [6, 6.07) is 10.1. The Morgan fingerprint density at radius 1 is 1.24 bits per heavy atom. The molecule has 116 valence electrons. The lowest BCUT2D eigenvalue weighted by molar-refractivity contribution is -0.146. The van der Waals surface area contributed by atoms with Crippen LogP contribution in [-0.2, 0) is 20.7 Å². The van der Waals surface area contributed by atoms with Crippen molar-refractivity contribution in [3.8, 4) is 0 Å². The van der Waals surface area contributed by atoms with Crippen LogP contribution in [0.3, 0.4) is 0 Å². The number of nitrogens with zero attached hydrogens (tertiary/aromatic N) is 1. The van der Waals surface area contributed by atoms with E-state index in [4.69, 9.17) is 4.74 Å². The van der Waals surface area contributed by atoms with Crippen LogP contribution >= 0.6 is 0 Å². The van der Waals surface area contributed by atoms with Crippen molar-refractivity contribution in [1.29, 1.82) is 0 Å². The lowest BCUT2D eigenvalue weighted by Gasteiger charge is -2.25. The molecule has 1 atom stereocenters. The Kier molecular flexibility index (Phi) is 7.51. The van der Waals surface area contributed by atoms with Gasteiger partial charge in [0.05, 0.1) is 13.0 Å². The highest BCUT2D eigenvalue weighted by molar-refractivity contribution is 5.77. The van der Waals surface area contributed by atoms with E-state index in [1.165, 1.54) is 12.7 Å². The Balaban J connectivity index is 2.64. The predicted octanol–water partition coefficient (Wildman–Crippen LogP) is 2.67. The molecule has 0 bridgehead atoms. The molecule has 4 heteroatoms. The molecule has 0 fully saturated rings. The fraction of sp³-hybridized carbons (Fsp3) is 0.529. The van der Waals surface area contributed by atoms with Gasteiger partial charge in [-0.1, -0.05) is 44.2 Å². The van der Waals surface area contributed by atoms with Crippen molar-refractivity contribution in [3.63, 3.8) is 0 Å². The van der Waals surface area contributed by atoms with E-state index < -0.39 is 0 Å². The minimum atomic E-state index is -0.299. The second kappa shape index (κ2) is 9.16. The van der Waals surface area contributed by atoms with Gasteiger partial charge in [-0.25, -0.2) is 0 Å². The molecule has 1 rings (SSSR count). The molecule has 4 nitrogen and oxygen atoms in total. The van der Waals surface area contributed by atoms with Crippen LogP contribution in [-0.4, -0.2) is 37.0 Å². The zero-order valence-electron chi connectivity index (χ0n) is 13.2. The molecule has 1 amide bonds. The summed E-state index contributed by atoms with van der Waals surface area (Å²) < 4.78 is 4.74. The summed E-state index contributed by atoms with van der Waals surface area (Å²) in [5, 5.41) is 0. The lowest BCUT2D eigenvalue weighted by atomic mass is 10.1. The van der Waals surface area contributed by atoms with Gasteiger partial charge in [0, 0.05) is 19.5 Å². The molecular weight excluding hydrogens is 266 g/mol. The summed E-state index contributed by atoms with van der Waals surface area (Å²) in [5.74, 6) is -0.472. The SMILES string of the molecule is CCCC(=O)N(CCc1ccccc1)CC(C)C(=O)OC. The zero-order chi connectivity index (χ0) is 15.7. The van der Waals surface area contributed by atoms with Crippen molar-refractivity contribution < 1.29 is 14.3 Å². The summed E-state index contributed by atoms with van der Waals surface area (Å²) in [4.78, 5) is 25.5. The minimum Gasteiger partial charge on any atom is -0.469 e. The third-order valence-electron chi connectivity index (χ3n) is 3.43. The second-order valence-electron chi connectivity index (χ2n) is 5.25. The number of rotatable bonds is 8. The second-order valence-corrected chi connectivity index (χ2v) is 5.25. The molecule has 1 aromatic rings. The van der Waals surface area contributed by atoms with Crippen molar-refractivity contribution in [2.24, 2.45) is 5.92 Å². The molecule has 1 aromatic carbocycles. The first-order valence-corrected chi connectivity index (χ1v) is 7.48. The van der Waals surface area contributed by atoms with E-state index in [0.29, 0.717) is 19.5 Å². The average Bonchev–Trinajstić information content (AvgIpc) is 2.51. The molecule has 0 aliphatic rings. The molecule has 0 spiro atoms. The van der Waals surface area contributed by atoms with Gasteiger partial charge in [0.25, 0.3) is 0 Å². The van der Waals surface area contributed by atoms with Crippen LogP contribution in [0.1, 0.15) is 32.3 Å². The minimum absolute atomic E-state index is 0.101. The normalized spacial score (nSPS) is 11.8. The van der Waals surface area contributed by atoms with E-state index in [-0.39, 0.29) is 17.8 Å². The van der Waals surface area contributed by atoms with Crippen molar-refractivity contribution in [1.82, 2.24) is 4.90 Å². The number of amides is 1. The summed E-state index contributed by atoms with van der Waals surface area (Å²) >= 11 is 0. The average molecular weight is 291 g/mol. The topological polar surface area (TPSA) is 46.6 Å². The van der Waals surface area contributed by atoms with Crippen molar-refractivity contribution in [2.75, 3.05) is 20.2 Å². The van der Waals surface area contributed by atoms with Gasteiger partial charge in [-0.15, -0.1) is 0 Å². The van der Waals surface area contributed by atoms with Gasteiger partial charge < -0.3 is 9.64 Å². The number of esters is 1. The monoisotopic (exact) mass is 291 g/mol. The highest BCUT2D eigenvalue weighted by Crippen LogP contribution is 2.08. The summed E-state index contributed by atoms with van der Waals surface area (Å²) in [6.07, 6.45) is 2.13. The van der Waals surface area contributed by atoms with Gasteiger partial charge >= 0.3 is 5.97 Å². The quantitative estimate of drug-likeness (QED) is 0.692. The molecule has 0 N–H and O–H groups in total. The largest absolute Gasteiger partial charge is 0.469 e. The Morgan fingerprint density at radius 2 is 1.90 bits per heavy atom. The van der Waals surface area contributed by atoms with Crippen LogP contribution in [0.15, 0.2) is 30.3 Å². The van der Waals surface area contributed by atoms with E-state index in [0.717, 1.165) is 12.8 Å². The third kappa shape index (κ3) is 5.98. The first-order valence-electron chi connectivity index (χ1n) is 7.48. The van der Waals surface area contributed by atoms with E-state index in [1.807, 2.05) is 37.3 Å². The first kappa shape index (κ1) is 17.2. The van der Waals surface area contributed by atoms with E-state index in [2.05, 4.69) is 0 Å². The van der Waals surface area contributed by atoms with Crippen LogP contribution < -0.4 is 0 Å². The van der Waals surface area contributed by atoms with Gasteiger partial charge in [0.1, 0.15) is 0 Å². The number of ether oxygens (including phenoxy) is 1. The number of carbonyl (C=O) groups is 2. The van der Waals surface area contributed by atoms with Crippen molar-refractivity contribution in [3.05, 3.63) is 35.9 Å². The Morgan fingerprint density at radius 3 is 2.48 bits per heavy atom. The fourth-order valence-corrected chi connectivity index (χ4v) is 2.20. The van der Waals surface area contributed by atoms with Crippen LogP contribution in [0.4, 0.5) is 0 Å². The van der Waals surface area contributed by atoms with Crippen molar-refractivity contribution >= 4 is 11.9 Å². The number of hydrogen-bond acceptors (Lipinski definition) is 3. The van der Waals surface area contributed by atoms with Crippen LogP contribution in [0.5, 0.6) is 0 Å². The summed E-state index contributed by atoms with van der Waals surface area (Å²) in [6.45, 7) is 4.82. The number of benzene rings is 1. The smallest absolute Gasteiger partial charge is 0.310 e. The fourth-order valence-electron chi connectivity index (χ4n) is 2.20. The van der Waals surface area contributed by atoms with Gasteiger partial charge in [-0.3, -0.25) is 9.59 Å². The Labute approximate surface area is 127 Å². The molecule has 0 saturated heterocycles. The maximum absolute atomic E-state index is 12.2. The molecule has 1 unspecified atom stereocenters. The maximum Gasteiger partial charge on any atom is 0.310 e. The zero-order valence-corrected chi connectivity index (χ0v) is 13.2. The maximum atomic E-state index is 12.2. The molecular formula is C17H25NO3. The van der Waals surface area contributed by atoms with E-state index in [9.17, 15) is 9.59 Å². The van der Waals surface area contributed by atoms with Crippen LogP contribution in [0, 0.1) is 5.92 Å². The van der Waals surface area contributed by atoms with Crippen LogP contribution in [0.2, 0.25) is 0 Å². The van der Waals surface area contributed by atoms with E-state index in [1.54, 1.807) is 11.8 Å². The van der Waals surface area contributed by atoms with Crippen LogP contribution in [0.25, 0.3) is 0 Å². The molecule has 21 heavy (non-hydrogen) atoms. The summed E-state index contributed by atoms with van der Waals surface area (Å²) in [7, 11) is 1.38. The number of methoxy groups -OCH3 is 1. The molecule has 0 radical (unpaired) electrons. The highest BCUT2D eigenvalue weighted by Gasteiger charge is 2.20. The number of carbonyl (C=O) groups excluding carboxylic acids is 2. The third-order valence-corrected chi connectivity index (χ3v) is 3.43. The van der Waals surface area contributed by atoms with E-state index >= 15 is 0 Å². The lowest BCUT2D eigenvalue weighted by Crippen LogP contribution is -2.38. The first-order chi connectivity index (χ1) is 10.1. The van der Waals surface area contributed by atoms with Gasteiger partial charge in [0.2, 0.25) is 5.91 Å². The standard InChI is InChI=1S/C17H25NO3/c1-4-8-16(19)18(13-14(2)17(20)21-3)12-11-15-9-6-5-7-10-15/h5-7,9-10,14H,4,8,11-13H2,1-3H3. The number of hydrogen-bond donors (Lipinski definition) is 0. The molecule has 0 aromatic heterocycles. The Hall–Kier alpha value is -1.84. The molecule has 0 heterocycles. The summed E-state index contributed by atoms with van der Waals surface area (Å²) in [5.41, 5.74) is 1.19. The molecule has 0 saturated carbocycles. The van der Waals surface area contributed by atoms with Gasteiger partial charge in [-0.05, 0) is 18.4 Å². The highest BCUT2D eigenvalue weighted by atomic mass is 16.5. The van der Waals surface area contributed by atoms with Crippen molar-refractivity contribution in [2.45, 2.75) is 33.1 Å². The van der Waals surface area contributed by atoms with Gasteiger partial charge in [-0.2, -0.15) is 0 Å². The van der Waals surface area contributed by atoms with Gasteiger partial charge in [0.15, 0.2) is 0 Å². The Bertz CT molecular complexity index is 445. The molecule has 0 aliphatic carbocycles.